The number of ketones is 1. The Morgan fingerprint density at radius 2 is 1.70 bits per heavy atom. The fourth-order valence-corrected chi connectivity index (χ4v) is 3.81. The zero-order valence-corrected chi connectivity index (χ0v) is 19.3. The lowest BCUT2D eigenvalue weighted by molar-refractivity contribution is -0.133. The fourth-order valence-electron chi connectivity index (χ4n) is 3.69. The Morgan fingerprint density at radius 1 is 1.00 bits per heavy atom. The molecule has 0 N–H and O–H groups in total. The van der Waals surface area contributed by atoms with Crippen LogP contribution in [0.15, 0.2) is 72.5 Å². The molecule has 0 unspecified atom stereocenters. The average molecular weight is 462 g/mol. The van der Waals surface area contributed by atoms with Gasteiger partial charge in [-0.15, -0.1) is 0 Å². The Kier molecular flexibility index (Phi) is 6.80. The van der Waals surface area contributed by atoms with E-state index in [1.54, 1.807) is 48.5 Å². The van der Waals surface area contributed by atoms with Crippen LogP contribution in [0.1, 0.15) is 35.3 Å². The van der Waals surface area contributed by atoms with Gasteiger partial charge in [0, 0.05) is 29.9 Å². The van der Waals surface area contributed by atoms with Crippen LogP contribution in [0.3, 0.4) is 0 Å². The van der Waals surface area contributed by atoms with Crippen LogP contribution in [0.5, 0.6) is 11.5 Å². The molecule has 0 spiro atoms. The summed E-state index contributed by atoms with van der Waals surface area (Å²) in [5, 5.41) is 0.608. The highest BCUT2D eigenvalue weighted by atomic mass is 35.5. The molecule has 168 valence electrons. The molecule has 6 heteroatoms. The number of hydrogen-bond donors (Lipinski definition) is 0. The summed E-state index contributed by atoms with van der Waals surface area (Å²) in [7, 11) is 0. The molecular formula is C27H24ClNO4. The lowest BCUT2D eigenvalue weighted by Gasteiger charge is -2.20. The number of Topliss-reactive ketones (excluding diaryl/α,β-unsaturated/α-hetero) is 1. The maximum Gasteiger partial charge on any atom is 0.315 e. The van der Waals surface area contributed by atoms with Crippen molar-refractivity contribution in [1.82, 2.24) is 0 Å². The Bertz CT molecular complexity index is 1200. The highest BCUT2D eigenvalue weighted by Gasteiger charge is 2.28. The molecular weight excluding hydrogens is 438 g/mol. The number of fused-ring (bicyclic) bond motifs is 1. The van der Waals surface area contributed by atoms with E-state index < -0.39 is 5.97 Å². The minimum absolute atomic E-state index is 0.114. The van der Waals surface area contributed by atoms with Gasteiger partial charge in [-0.3, -0.25) is 9.59 Å². The lowest BCUT2D eigenvalue weighted by Crippen LogP contribution is -2.21. The number of rotatable bonds is 7. The normalized spacial score (nSPS) is 13.5. The molecule has 0 amide bonds. The van der Waals surface area contributed by atoms with E-state index in [0.717, 1.165) is 29.9 Å². The SMILES string of the molecule is CCN(CC)c1ccc(/C=C2\Oc3cc(OC(=O)Cc4ccc(Cl)cc4)ccc3C2=O)cc1. The first-order chi connectivity index (χ1) is 16.0. The standard InChI is InChI=1S/C27H24ClNO4/c1-3-29(4-2)21-11-7-18(8-12-21)15-25-27(31)23-14-13-22(17-24(23)33-25)32-26(30)16-19-5-9-20(28)10-6-19/h5-15,17H,3-4,16H2,1-2H3/b25-15-. The van der Waals surface area contributed by atoms with E-state index in [9.17, 15) is 9.59 Å². The molecule has 0 bridgehead atoms. The number of nitrogens with zero attached hydrogens (tertiary/aromatic N) is 1. The summed E-state index contributed by atoms with van der Waals surface area (Å²) in [6.45, 7) is 6.09. The van der Waals surface area contributed by atoms with Gasteiger partial charge in [-0.2, -0.15) is 0 Å². The molecule has 1 aliphatic heterocycles. The largest absolute Gasteiger partial charge is 0.452 e. The van der Waals surface area contributed by atoms with Crippen LogP contribution in [0, 0.1) is 0 Å². The Labute approximate surface area is 198 Å². The molecule has 0 fully saturated rings. The van der Waals surface area contributed by atoms with Gasteiger partial charge in [-0.25, -0.2) is 0 Å². The van der Waals surface area contributed by atoms with Gasteiger partial charge in [0.25, 0.3) is 0 Å². The number of hydrogen-bond acceptors (Lipinski definition) is 5. The van der Waals surface area contributed by atoms with E-state index in [2.05, 4.69) is 18.7 Å². The zero-order valence-electron chi connectivity index (χ0n) is 18.5. The second-order valence-electron chi connectivity index (χ2n) is 7.64. The molecule has 0 radical (unpaired) electrons. The van der Waals surface area contributed by atoms with Crippen molar-refractivity contribution < 1.29 is 19.1 Å². The topological polar surface area (TPSA) is 55.8 Å². The van der Waals surface area contributed by atoms with Crippen LogP contribution in [-0.4, -0.2) is 24.8 Å². The van der Waals surface area contributed by atoms with Crippen molar-refractivity contribution in [1.29, 1.82) is 0 Å². The van der Waals surface area contributed by atoms with Gasteiger partial charge >= 0.3 is 5.97 Å². The molecule has 0 aliphatic carbocycles. The predicted octanol–water partition coefficient (Wildman–Crippen LogP) is 5.95. The summed E-state index contributed by atoms with van der Waals surface area (Å²) in [6.07, 6.45) is 1.84. The molecule has 0 saturated heterocycles. The van der Waals surface area contributed by atoms with Gasteiger partial charge in [0.05, 0.1) is 12.0 Å². The van der Waals surface area contributed by atoms with E-state index in [-0.39, 0.29) is 18.0 Å². The number of ether oxygens (including phenoxy) is 2. The number of halogens is 1. The Hall–Kier alpha value is -3.57. The molecule has 3 aromatic carbocycles. The second kappa shape index (κ2) is 9.92. The molecule has 1 aliphatic rings. The van der Waals surface area contributed by atoms with Crippen LogP contribution < -0.4 is 14.4 Å². The highest BCUT2D eigenvalue weighted by Crippen LogP contribution is 2.35. The summed E-state index contributed by atoms with van der Waals surface area (Å²) < 4.78 is 11.2. The van der Waals surface area contributed by atoms with Crippen LogP contribution in [0.2, 0.25) is 5.02 Å². The number of anilines is 1. The van der Waals surface area contributed by atoms with E-state index in [1.807, 2.05) is 24.3 Å². The van der Waals surface area contributed by atoms with Crippen molar-refractivity contribution in [3.8, 4) is 11.5 Å². The van der Waals surface area contributed by atoms with Gasteiger partial charge in [0.1, 0.15) is 11.5 Å². The van der Waals surface area contributed by atoms with Gasteiger partial charge in [0.2, 0.25) is 5.78 Å². The number of benzene rings is 3. The smallest absolute Gasteiger partial charge is 0.315 e. The minimum Gasteiger partial charge on any atom is -0.452 e. The summed E-state index contributed by atoms with van der Waals surface area (Å²) in [5.74, 6) is 0.334. The van der Waals surface area contributed by atoms with Gasteiger partial charge in [-0.05, 0) is 67.4 Å². The van der Waals surface area contributed by atoms with Gasteiger partial charge in [0.15, 0.2) is 5.76 Å². The Morgan fingerprint density at radius 3 is 2.36 bits per heavy atom. The first-order valence-electron chi connectivity index (χ1n) is 10.8. The number of allylic oxidation sites excluding steroid dienone is 1. The summed E-state index contributed by atoms with van der Waals surface area (Å²) >= 11 is 5.87. The number of carbonyl (C=O) groups excluding carboxylic acids is 2. The third kappa shape index (κ3) is 5.26. The molecule has 0 saturated carbocycles. The minimum atomic E-state index is -0.411. The average Bonchev–Trinajstić information content (AvgIpc) is 3.11. The first kappa shape index (κ1) is 22.6. The van der Waals surface area contributed by atoms with Crippen molar-refractivity contribution in [2.24, 2.45) is 0 Å². The number of carbonyl (C=O) groups is 2. The van der Waals surface area contributed by atoms with Gasteiger partial charge in [-0.1, -0.05) is 35.9 Å². The Balaban J connectivity index is 1.45. The van der Waals surface area contributed by atoms with E-state index >= 15 is 0 Å². The van der Waals surface area contributed by atoms with Gasteiger partial charge < -0.3 is 14.4 Å². The van der Waals surface area contributed by atoms with E-state index in [4.69, 9.17) is 21.1 Å². The van der Waals surface area contributed by atoms with E-state index in [0.29, 0.717) is 22.1 Å². The van der Waals surface area contributed by atoms with Crippen LogP contribution in [0.4, 0.5) is 5.69 Å². The molecule has 33 heavy (non-hydrogen) atoms. The van der Waals surface area contributed by atoms with Crippen molar-refractivity contribution in [3.63, 3.8) is 0 Å². The van der Waals surface area contributed by atoms with E-state index in [1.165, 1.54) is 0 Å². The van der Waals surface area contributed by atoms with Crippen LogP contribution in [0.25, 0.3) is 6.08 Å². The monoisotopic (exact) mass is 461 g/mol. The molecule has 1 heterocycles. The summed E-state index contributed by atoms with van der Waals surface area (Å²) in [5.41, 5.74) is 3.25. The van der Waals surface area contributed by atoms with Crippen LogP contribution in [-0.2, 0) is 11.2 Å². The molecule has 3 aromatic rings. The first-order valence-corrected chi connectivity index (χ1v) is 11.2. The van der Waals surface area contributed by atoms with Crippen LogP contribution >= 0.6 is 11.6 Å². The maximum atomic E-state index is 12.8. The van der Waals surface area contributed by atoms with Crippen molar-refractivity contribution in [2.75, 3.05) is 18.0 Å². The van der Waals surface area contributed by atoms with Crippen molar-refractivity contribution >= 4 is 35.1 Å². The molecule has 5 nitrogen and oxygen atoms in total. The second-order valence-corrected chi connectivity index (χ2v) is 8.08. The maximum absolute atomic E-state index is 12.8. The third-order valence-electron chi connectivity index (χ3n) is 5.45. The molecule has 4 rings (SSSR count). The summed E-state index contributed by atoms with van der Waals surface area (Å²) in [6, 6.07) is 19.8. The summed E-state index contributed by atoms with van der Waals surface area (Å²) in [4.78, 5) is 27.3. The quantitative estimate of drug-likeness (QED) is 0.247. The zero-order chi connectivity index (χ0) is 23.4. The predicted molar refractivity (Wildman–Crippen MR) is 130 cm³/mol. The molecule has 0 atom stereocenters. The van der Waals surface area contributed by atoms with Crippen molar-refractivity contribution in [2.45, 2.75) is 20.3 Å². The number of esters is 1. The third-order valence-corrected chi connectivity index (χ3v) is 5.71. The molecule has 0 aromatic heterocycles. The fraction of sp³-hybridized carbons (Fsp3) is 0.185. The lowest BCUT2D eigenvalue weighted by atomic mass is 10.1. The van der Waals surface area contributed by atoms with Crippen molar-refractivity contribution in [3.05, 3.63) is 94.2 Å². The highest BCUT2D eigenvalue weighted by molar-refractivity contribution is 6.30.